The van der Waals surface area contributed by atoms with Gasteiger partial charge < -0.3 is 4.43 Å². The number of unbranched alkanes of at least 4 members (excludes halogenated alkanes) is 1. The van der Waals surface area contributed by atoms with Gasteiger partial charge in [-0.15, -0.1) is 23.5 Å². The quantitative estimate of drug-likeness (QED) is 0.392. The standard InChI is InChI=1S/C17H36OS2Si/c1-5-9-11-16(18-21(6-2,7-3)8-4)12-13-17-19-14-10-15-20-17/h16-17H,5-15H2,1-4H3. The lowest BCUT2D eigenvalue weighted by Gasteiger charge is -2.34. The van der Waals surface area contributed by atoms with Gasteiger partial charge in [-0.3, -0.25) is 0 Å². The van der Waals surface area contributed by atoms with Crippen LogP contribution in [-0.4, -0.2) is 30.5 Å². The molecule has 0 aromatic rings. The van der Waals surface area contributed by atoms with E-state index in [2.05, 4.69) is 51.2 Å². The van der Waals surface area contributed by atoms with Crippen molar-refractivity contribution in [3.8, 4) is 0 Å². The third kappa shape index (κ3) is 7.32. The molecule has 0 saturated carbocycles. The molecular formula is C17H36OS2Si. The summed E-state index contributed by atoms with van der Waals surface area (Å²) in [6, 6.07) is 3.86. The summed E-state index contributed by atoms with van der Waals surface area (Å²) in [7, 11) is -1.43. The van der Waals surface area contributed by atoms with Gasteiger partial charge in [-0.2, -0.15) is 0 Å². The largest absolute Gasteiger partial charge is 0.414 e. The van der Waals surface area contributed by atoms with E-state index in [0.29, 0.717) is 6.10 Å². The van der Waals surface area contributed by atoms with E-state index in [1.54, 1.807) is 0 Å². The molecule has 0 aromatic carbocycles. The van der Waals surface area contributed by atoms with Crippen molar-refractivity contribution in [2.75, 3.05) is 11.5 Å². The first-order valence-corrected chi connectivity index (χ1v) is 13.7. The van der Waals surface area contributed by atoms with Crippen LogP contribution in [0.5, 0.6) is 0 Å². The highest BCUT2D eigenvalue weighted by molar-refractivity contribution is 8.17. The Morgan fingerprint density at radius 2 is 1.62 bits per heavy atom. The zero-order chi connectivity index (χ0) is 15.6. The molecule has 0 bridgehead atoms. The van der Waals surface area contributed by atoms with Gasteiger partial charge in [0.2, 0.25) is 0 Å². The SMILES string of the molecule is CCCCC(CCC1SCCCS1)O[Si](CC)(CC)CC. The van der Waals surface area contributed by atoms with Crippen molar-refractivity contribution < 1.29 is 4.43 Å². The molecule has 126 valence electrons. The summed E-state index contributed by atoms with van der Waals surface area (Å²) < 4.78 is 7.64. The maximum absolute atomic E-state index is 6.80. The van der Waals surface area contributed by atoms with Crippen LogP contribution in [0.4, 0.5) is 0 Å². The minimum atomic E-state index is -1.43. The molecule has 0 aliphatic carbocycles. The number of hydrogen-bond acceptors (Lipinski definition) is 3. The average Bonchev–Trinajstić information content (AvgIpc) is 2.56. The summed E-state index contributed by atoms with van der Waals surface area (Å²) in [6.45, 7) is 9.35. The van der Waals surface area contributed by atoms with Crippen molar-refractivity contribution in [3.63, 3.8) is 0 Å². The van der Waals surface area contributed by atoms with E-state index in [1.165, 1.54) is 68.2 Å². The summed E-state index contributed by atoms with van der Waals surface area (Å²) in [6.07, 6.45) is 8.50. The summed E-state index contributed by atoms with van der Waals surface area (Å²) in [5.41, 5.74) is 0. The highest BCUT2D eigenvalue weighted by atomic mass is 32.2. The van der Waals surface area contributed by atoms with E-state index >= 15 is 0 Å². The third-order valence-corrected chi connectivity index (χ3v) is 12.6. The van der Waals surface area contributed by atoms with Gasteiger partial charge in [0, 0.05) is 6.10 Å². The molecule has 0 aromatic heterocycles. The van der Waals surface area contributed by atoms with E-state index in [-0.39, 0.29) is 0 Å². The maximum Gasteiger partial charge on any atom is 0.192 e. The Labute approximate surface area is 142 Å². The minimum absolute atomic E-state index is 0.541. The fourth-order valence-corrected chi connectivity index (χ4v) is 8.91. The third-order valence-electron chi connectivity index (χ3n) is 4.85. The number of hydrogen-bond donors (Lipinski definition) is 0. The van der Waals surface area contributed by atoms with Gasteiger partial charge >= 0.3 is 0 Å². The summed E-state index contributed by atoms with van der Waals surface area (Å²) >= 11 is 4.37. The second-order valence-corrected chi connectivity index (χ2v) is 13.9. The van der Waals surface area contributed by atoms with Crippen molar-refractivity contribution in [3.05, 3.63) is 0 Å². The van der Waals surface area contributed by atoms with Crippen molar-refractivity contribution in [2.45, 2.75) is 95.0 Å². The predicted octanol–water partition coefficient (Wildman–Crippen LogP) is 6.54. The normalized spacial score (nSPS) is 18.9. The van der Waals surface area contributed by atoms with Crippen LogP contribution < -0.4 is 0 Å². The molecule has 1 fully saturated rings. The molecule has 1 nitrogen and oxygen atoms in total. The van der Waals surface area contributed by atoms with E-state index in [4.69, 9.17) is 4.43 Å². The number of thioether (sulfide) groups is 2. The monoisotopic (exact) mass is 348 g/mol. The molecule has 1 rings (SSSR count). The second kappa shape index (κ2) is 11.4. The molecule has 0 N–H and O–H groups in total. The molecule has 0 spiro atoms. The lowest BCUT2D eigenvalue weighted by molar-refractivity contribution is 0.162. The van der Waals surface area contributed by atoms with Crippen LogP contribution in [0.3, 0.4) is 0 Å². The summed E-state index contributed by atoms with van der Waals surface area (Å²) in [5.74, 6) is 2.74. The van der Waals surface area contributed by atoms with Crippen molar-refractivity contribution in [1.29, 1.82) is 0 Å². The second-order valence-electron chi connectivity index (χ2n) is 6.23. The molecule has 1 aliphatic rings. The maximum atomic E-state index is 6.80. The van der Waals surface area contributed by atoms with Crippen LogP contribution in [0.15, 0.2) is 0 Å². The molecule has 1 atom stereocenters. The van der Waals surface area contributed by atoms with Gasteiger partial charge in [0.1, 0.15) is 0 Å². The van der Waals surface area contributed by atoms with Crippen molar-refractivity contribution >= 4 is 31.8 Å². The first-order valence-electron chi connectivity index (χ1n) is 9.10. The molecule has 0 radical (unpaired) electrons. The zero-order valence-electron chi connectivity index (χ0n) is 14.7. The summed E-state index contributed by atoms with van der Waals surface area (Å²) in [4.78, 5) is 0. The van der Waals surface area contributed by atoms with Crippen LogP contribution in [0.1, 0.15) is 66.2 Å². The van der Waals surface area contributed by atoms with Crippen molar-refractivity contribution in [1.82, 2.24) is 0 Å². The highest BCUT2D eigenvalue weighted by Crippen LogP contribution is 2.35. The Morgan fingerprint density at radius 3 is 2.14 bits per heavy atom. The van der Waals surface area contributed by atoms with Gasteiger partial charge in [-0.25, -0.2) is 0 Å². The van der Waals surface area contributed by atoms with Crippen LogP contribution in [0.25, 0.3) is 0 Å². The molecule has 1 heterocycles. The molecule has 0 amide bonds. The minimum Gasteiger partial charge on any atom is -0.414 e. The Balaban J connectivity index is 2.48. The topological polar surface area (TPSA) is 9.23 Å². The molecule has 4 heteroatoms. The first-order chi connectivity index (χ1) is 10.2. The van der Waals surface area contributed by atoms with Crippen LogP contribution in [0.2, 0.25) is 18.1 Å². The Morgan fingerprint density at radius 1 is 1.00 bits per heavy atom. The van der Waals surface area contributed by atoms with Gasteiger partial charge in [0.05, 0.1) is 4.58 Å². The smallest absolute Gasteiger partial charge is 0.192 e. The van der Waals surface area contributed by atoms with Gasteiger partial charge in [-0.1, -0.05) is 40.5 Å². The zero-order valence-corrected chi connectivity index (χ0v) is 17.3. The molecule has 1 aliphatic heterocycles. The molecular weight excluding hydrogens is 312 g/mol. The van der Waals surface area contributed by atoms with E-state index in [0.717, 1.165) is 4.58 Å². The first kappa shape index (κ1) is 19.9. The fraction of sp³-hybridized carbons (Fsp3) is 1.00. The van der Waals surface area contributed by atoms with Gasteiger partial charge in [-0.05, 0) is 55.3 Å². The predicted molar refractivity (Wildman–Crippen MR) is 104 cm³/mol. The Bertz CT molecular complexity index is 245. The number of rotatable bonds is 11. The Kier molecular flexibility index (Phi) is 10.8. The Hall–Kier alpha value is 0.877. The van der Waals surface area contributed by atoms with E-state index in [9.17, 15) is 0 Å². The lowest BCUT2D eigenvalue weighted by atomic mass is 10.1. The molecule has 1 unspecified atom stereocenters. The van der Waals surface area contributed by atoms with Crippen LogP contribution >= 0.6 is 23.5 Å². The lowest BCUT2D eigenvalue weighted by Crippen LogP contribution is -2.40. The van der Waals surface area contributed by atoms with Crippen LogP contribution in [0, 0.1) is 0 Å². The highest BCUT2D eigenvalue weighted by Gasteiger charge is 2.32. The average molecular weight is 349 g/mol. The molecule has 1 saturated heterocycles. The fourth-order valence-electron chi connectivity index (χ4n) is 3.07. The van der Waals surface area contributed by atoms with Gasteiger partial charge in [0.15, 0.2) is 8.32 Å². The van der Waals surface area contributed by atoms with Crippen molar-refractivity contribution in [2.24, 2.45) is 0 Å². The van der Waals surface area contributed by atoms with Crippen LogP contribution in [-0.2, 0) is 4.43 Å². The van der Waals surface area contributed by atoms with E-state index < -0.39 is 8.32 Å². The van der Waals surface area contributed by atoms with E-state index in [1.807, 2.05) is 0 Å². The summed E-state index contributed by atoms with van der Waals surface area (Å²) in [5, 5.41) is 0. The van der Waals surface area contributed by atoms with Gasteiger partial charge in [0.25, 0.3) is 0 Å². The molecule has 21 heavy (non-hydrogen) atoms.